The fourth-order valence-corrected chi connectivity index (χ4v) is 2.72. The van der Waals surface area contributed by atoms with E-state index in [-0.39, 0.29) is 18.7 Å². The summed E-state index contributed by atoms with van der Waals surface area (Å²) in [6, 6.07) is 11.7. The molecule has 2 aromatic carbocycles. The lowest BCUT2D eigenvalue weighted by Crippen LogP contribution is -2.13. The number of hydrogen-bond acceptors (Lipinski definition) is 7. The Labute approximate surface area is 173 Å². The molecule has 9 heteroatoms. The second-order valence-electron chi connectivity index (χ2n) is 6.30. The van der Waals surface area contributed by atoms with Crippen molar-refractivity contribution in [1.29, 1.82) is 0 Å². The van der Waals surface area contributed by atoms with Crippen molar-refractivity contribution in [2.24, 2.45) is 5.73 Å². The van der Waals surface area contributed by atoms with Crippen LogP contribution in [0, 0.1) is 0 Å². The van der Waals surface area contributed by atoms with E-state index < -0.39 is 5.91 Å². The van der Waals surface area contributed by atoms with Crippen LogP contribution >= 0.6 is 0 Å². The second kappa shape index (κ2) is 9.55. The number of aromatic nitrogens is 2. The molecule has 1 heterocycles. The third-order valence-corrected chi connectivity index (χ3v) is 4.21. The summed E-state index contributed by atoms with van der Waals surface area (Å²) >= 11 is 0. The molecule has 3 N–H and O–H groups in total. The zero-order valence-electron chi connectivity index (χ0n) is 16.7. The minimum Gasteiger partial charge on any atom is -0.493 e. The molecule has 3 rings (SSSR count). The van der Waals surface area contributed by atoms with Crippen LogP contribution in [0.5, 0.6) is 11.5 Å². The van der Waals surface area contributed by atoms with Gasteiger partial charge >= 0.3 is 0 Å². The fraction of sp³-hybridized carbons (Fsp3) is 0.238. The Kier molecular flexibility index (Phi) is 6.63. The van der Waals surface area contributed by atoms with Gasteiger partial charge < -0.3 is 25.0 Å². The van der Waals surface area contributed by atoms with Crippen molar-refractivity contribution in [2.75, 3.05) is 19.0 Å². The number of primary amides is 1. The summed E-state index contributed by atoms with van der Waals surface area (Å²) in [5.74, 6) is 1.20. The molecule has 156 valence electrons. The van der Waals surface area contributed by atoms with E-state index in [1.807, 2.05) is 13.0 Å². The van der Waals surface area contributed by atoms with E-state index in [1.165, 1.54) is 0 Å². The van der Waals surface area contributed by atoms with Gasteiger partial charge in [0.1, 0.15) is 0 Å². The van der Waals surface area contributed by atoms with Crippen molar-refractivity contribution in [3.05, 3.63) is 53.9 Å². The van der Waals surface area contributed by atoms with Crippen LogP contribution in [0.25, 0.3) is 11.4 Å². The summed E-state index contributed by atoms with van der Waals surface area (Å²) in [7, 11) is 1.56. The first-order chi connectivity index (χ1) is 14.5. The molecule has 0 atom stereocenters. The Hall–Kier alpha value is -3.88. The number of nitrogens with one attached hydrogen (secondary N) is 1. The summed E-state index contributed by atoms with van der Waals surface area (Å²) in [4.78, 5) is 27.6. The fourth-order valence-electron chi connectivity index (χ4n) is 2.72. The van der Waals surface area contributed by atoms with Crippen LogP contribution in [0.15, 0.2) is 47.0 Å². The monoisotopic (exact) mass is 410 g/mol. The number of aryl methyl sites for hydroxylation is 1. The Morgan fingerprint density at radius 1 is 1.13 bits per heavy atom. The molecule has 0 aliphatic carbocycles. The number of nitrogens with zero attached hydrogens (tertiary/aromatic N) is 2. The van der Waals surface area contributed by atoms with Crippen LogP contribution in [-0.2, 0) is 11.2 Å². The van der Waals surface area contributed by atoms with E-state index in [0.717, 1.165) is 0 Å². The molecule has 0 bridgehead atoms. The number of carbonyl (C=O) groups excluding carboxylic acids is 2. The second-order valence-corrected chi connectivity index (χ2v) is 6.30. The maximum absolute atomic E-state index is 12.1. The van der Waals surface area contributed by atoms with Gasteiger partial charge in [-0.05, 0) is 49.4 Å². The number of benzene rings is 2. The highest BCUT2D eigenvalue weighted by atomic mass is 16.5. The predicted molar refractivity (Wildman–Crippen MR) is 109 cm³/mol. The molecule has 0 aliphatic rings. The first-order valence-electron chi connectivity index (χ1n) is 9.33. The number of rotatable bonds is 9. The lowest BCUT2D eigenvalue weighted by atomic mass is 10.2. The van der Waals surface area contributed by atoms with Gasteiger partial charge in [-0.2, -0.15) is 4.98 Å². The number of ether oxygens (including phenoxy) is 2. The molecule has 0 saturated carbocycles. The minimum atomic E-state index is -0.523. The SMILES string of the molecule is CCOc1ccc(-c2noc(CCC(=O)Nc3ccc(C(N)=O)cc3)n2)cc1OC. The molecule has 0 radical (unpaired) electrons. The van der Waals surface area contributed by atoms with E-state index in [1.54, 1.807) is 43.5 Å². The molecular weight excluding hydrogens is 388 g/mol. The molecule has 9 nitrogen and oxygen atoms in total. The van der Waals surface area contributed by atoms with Crippen LogP contribution in [0.4, 0.5) is 5.69 Å². The summed E-state index contributed by atoms with van der Waals surface area (Å²) in [5.41, 5.74) is 6.85. The number of methoxy groups -OCH3 is 1. The van der Waals surface area contributed by atoms with Crippen molar-refractivity contribution in [3.8, 4) is 22.9 Å². The molecule has 30 heavy (non-hydrogen) atoms. The Morgan fingerprint density at radius 3 is 2.57 bits per heavy atom. The number of nitrogens with two attached hydrogens (primary N) is 1. The average Bonchev–Trinajstić information content (AvgIpc) is 3.22. The highest BCUT2D eigenvalue weighted by molar-refractivity contribution is 5.94. The quantitative estimate of drug-likeness (QED) is 0.555. The van der Waals surface area contributed by atoms with Gasteiger partial charge in [0.25, 0.3) is 0 Å². The van der Waals surface area contributed by atoms with E-state index in [2.05, 4.69) is 15.5 Å². The Balaban J connectivity index is 1.59. The highest BCUT2D eigenvalue weighted by Gasteiger charge is 2.14. The highest BCUT2D eigenvalue weighted by Crippen LogP contribution is 2.31. The summed E-state index contributed by atoms with van der Waals surface area (Å²) in [6.45, 7) is 2.42. The minimum absolute atomic E-state index is 0.159. The molecule has 0 fully saturated rings. The van der Waals surface area contributed by atoms with Crippen molar-refractivity contribution in [1.82, 2.24) is 10.1 Å². The van der Waals surface area contributed by atoms with Crippen LogP contribution < -0.4 is 20.5 Å². The number of carbonyl (C=O) groups is 2. The zero-order valence-corrected chi connectivity index (χ0v) is 16.7. The van der Waals surface area contributed by atoms with E-state index in [4.69, 9.17) is 19.7 Å². The number of hydrogen-bond donors (Lipinski definition) is 2. The molecule has 2 amide bonds. The van der Waals surface area contributed by atoms with Gasteiger partial charge in [0.2, 0.25) is 23.5 Å². The van der Waals surface area contributed by atoms with Gasteiger partial charge in [0.05, 0.1) is 13.7 Å². The maximum Gasteiger partial charge on any atom is 0.248 e. The topological polar surface area (TPSA) is 130 Å². The van der Waals surface area contributed by atoms with Crippen molar-refractivity contribution < 1.29 is 23.6 Å². The van der Waals surface area contributed by atoms with E-state index >= 15 is 0 Å². The van der Waals surface area contributed by atoms with Crippen LogP contribution in [-0.4, -0.2) is 35.7 Å². The lowest BCUT2D eigenvalue weighted by Gasteiger charge is -2.09. The molecule has 0 spiro atoms. The number of amides is 2. The number of anilines is 1. The molecular formula is C21H22N4O5. The van der Waals surface area contributed by atoms with Crippen LogP contribution in [0.2, 0.25) is 0 Å². The maximum atomic E-state index is 12.1. The molecule has 0 unspecified atom stereocenters. The summed E-state index contributed by atoms with van der Waals surface area (Å²) in [5, 5.41) is 6.71. The summed E-state index contributed by atoms with van der Waals surface area (Å²) < 4.78 is 16.1. The molecule has 1 aromatic heterocycles. The largest absolute Gasteiger partial charge is 0.493 e. The molecule has 0 saturated heterocycles. The van der Waals surface area contributed by atoms with Crippen LogP contribution in [0.3, 0.4) is 0 Å². The molecule has 0 aliphatic heterocycles. The zero-order chi connectivity index (χ0) is 21.5. The van der Waals surface area contributed by atoms with Gasteiger partial charge in [0.15, 0.2) is 11.5 Å². The van der Waals surface area contributed by atoms with E-state index in [0.29, 0.717) is 46.6 Å². The van der Waals surface area contributed by atoms with Gasteiger partial charge in [-0.1, -0.05) is 5.16 Å². The standard InChI is InChI=1S/C21H22N4O5/c1-3-29-16-9-6-14(12-17(16)28-2)21-24-19(30-25-21)11-10-18(26)23-15-7-4-13(5-8-15)20(22)27/h4-9,12H,3,10-11H2,1-2H3,(H2,22,27)(H,23,26). The van der Waals surface area contributed by atoms with Gasteiger partial charge in [-0.3, -0.25) is 9.59 Å². The first kappa shape index (κ1) is 20.8. The third kappa shape index (κ3) is 5.13. The van der Waals surface area contributed by atoms with Gasteiger partial charge in [-0.25, -0.2) is 0 Å². The van der Waals surface area contributed by atoms with Gasteiger partial charge in [0, 0.05) is 29.7 Å². The first-order valence-corrected chi connectivity index (χ1v) is 9.33. The van der Waals surface area contributed by atoms with Crippen molar-refractivity contribution >= 4 is 17.5 Å². The Morgan fingerprint density at radius 2 is 1.90 bits per heavy atom. The van der Waals surface area contributed by atoms with Crippen molar-refractivity contribution in [2.45, 2.75) is 19.8 Å². The van der Waals surface area contributed by atoms with E-state index in [9.17, 15) is 9.59 Å². The van der Waals surface area contributed by atoms with Crippen LogP contribution in [0.1, 0.15) is 29.6 Å². The average molecular weight is 410 g/mol. The van der Waals surface area contributed by atoms with Crippen molar-refractivity contribution in [3.63, 3.8) is 0 Å². The summed E-state index contributed by atoms with van der Waals surface area (Å²) in [6.07, 6.45) is 0.443. The Bertz CT molecular complexity index is 1030. The smallest absolute Gasteiger partial charge is 0.248 e. The third-order valence-electron chi connectivity index (χ3n) is 4.21. The lowest BCUT2D eigenvalue weighted by molar-refractivity contribution is -0.116. The normalized spacial score (nSPS) is 10.5. The van der Waals surface area contributed by atoms with Gasteiger partial charge in [-0.15, -0.1) is 0 Å². The molecule has 3 aromatic rings. The predicted octanol–water partition coefficient (Wildman–Crippen LogP) is 2.81.